The van der Waals surface area contributed by atoms with E-state index in [1.165, 1.54) is 12.1 Å². The smallest absolute Gasteiger partial charge is 0.332 e. The molecule has 0 aromatic heterocycles. The second-order valence-electron chi connectivity index (χ2n) is 4.32. The lowest BCUT2D eigenvalue weighted by molar-refractivity contribution is -0.150. The molecule has 0 spiro atoms. The molecule has 1 heterocycles. The zero-order valence-corrected chi connectivity index (χ0v) is 11.1. The number of carbonyl (C=O) groups is 2. The maximum absolute atomic E-state index is 12.0. The van der Waals surface area contributed by atoms with E-state index in [9.17, 15) is 9.59 Å². The average Bonchev–Trinajstić information content (AvgIpc) is 2.89. The number of rotatable bonds is 3. The number of carbonyl (C=O) groups excluding carboxylic acids is 1. The predicted molar refractivity (Wildman–Crippen MR) is 70.3 cm³/mol. The first kappa shape index (κ1) is 14.3. The fraction of sp³-hybridized carbons (Fsp3) is 0.308. The zero-order valence-electron chi connectivity index (χ0n) is 10.3. The van der Waals surface area contributed by atoms with Gasteiger partial charge in [0.15, 0.2) is 6.10 Å². The van der Waals surface area contributed by atoms with Crippen LogP contribution in [0.5, 0.6) is 0 Å². The lowest BCUT2D eigenvalue weighted by Gasteiger charge is -2.12. The van der Waals surface area contributed by atoms with Gasteiger partial charge < -0.3 is 15.2 Å². The summed E-state index contributed by atoms with van der Waals surface area (Å²) in [6.07, 6.45) is -1.18. The fourth-order valence-electron chi connectivity index (χ4n) is 1.94. The highest BCUT2D eigenvalue weighted by atomic mass is 35.5. The maximum atomic E-state index is 12.0. The molecule has 1 aliphatic rings. The van der Waals surface area contributed by atoms with Crippen molar-refractivity contribution in [3.63, 3.8) is 0 Å². The third kappa shape index (κ3) is 3.07. The minimum atomic E-state index is -1.08. The Kier molecular flexibility index (Phi) is 4.23. The Labute approximate surface area is 119 Å². The number of carboxylic acids is 1. The third-order valence-electron chi connectivity index (χ3n) is 2.95. The third-order valence-corrected chi connectivity index (χ3v) is 3.18. The molecule has 1 aromatic carbocycles. The van der Waals surface area contributed by atoms with Crippen LogP contribution in [0.1, 0.15) is 18.4 Å². The van der Waals surface area contributed by atoms with Crippen LogP contribution in [0.2, 0.25) is 5.02 Å². The van der Waals surface area contributed by atoms with Crippen LogP contribution in [0.3, 0.4) is 0 Å². The van der Waals surface area contributed by atoms with Crippen LogP contribution in [-0.2, 0) is 14.3 Å². The zero-order chi connectivity index (χ0) is 14.7. The van der Waals surface area contributed by atoms with Crippen LogP contribution in [0, 0.1) is 11.3 Å². The number of carboxylic acid groups (broad SMARTS) is 1. The van der Waals surface area contributed by atoms with Crippen LogP contribution < -0.4 is 5.32 Å². The van der Waals surface area contributed by atoms with Crippen molar-refractivity contribution in [1.29, 1.82) is 5.26 Å². The van der Waals surface area contributed by atoms with Gasteiger partial charge in [0.05, 0.1) is 11.3 Å². The Morgan fingerprint density at radius 2 is 2.10 bits per heavy atom. The predicted octanol–water partition coefficient (Wildman–Crippen LogP) is 1.78. The molecule has 2 rings (SSSR count). The molecule has 1 amide bonds. The van der Waals surface area contributed by atoms with E-state index in [-0.39, 0.29) is 17.7 Å². The van der Waals surface area contributed by atoms with Gasteiger partial charge in [-0.1, -0.05) is 11.6 Å². The lowest BCUT2D eigenvalue weighted by atomic mass is 10.1. The van der Waals surface area contributed by atoms with Gasteiger partial charge in [-0.2, -0.15) is 5.26 Å². The molecule has 0 aliphatic carbocycles. The monoisotopic (exact) mass is 294 g/mol. The van der Waals surface area contributed by atoms with Crippen molar-refractivity contribution in [1.82, 2.24) is 0 Å². The quantitative estimate of drug-likeness (QED) is 0.885. The first-order valence-electron chi connectivity index (χ1n) is 5.90. The van der Waals surface area contributed by atoms with E-state index < -0.39 is 24.1 Å². The van der Waals surface area contributed by atoms with E-state index in [4.69, 9.17) is 26.7 Å². The molecule has 1 aromatic rings. The van der Waals surface area contributed by atoms with Gasteiger partial charge in [0.1, 0.15) is 12.2 Å². The van der Waals surface area contributed by atoms with Gasteiger partial charge in [0.25, 0.3) is 5.91 Å². The minimum absolute atomic E-state index is 0.274. The SMILES string of the molecule is N#Cc1ccc(Cl)cc1NC(=O)[C@@H]1CC[C@H](C(=O)O)O1. The highest BCUT2D eigenvalue weighted by molar-refractivity contribution is 6.31. The summed E-state index contributed by atoms with van der Waals surface area (Å²) in [5.41, 5.74) is 0.558. The summed E-state index contributed by atoms with van der Waals surface area (Å²) in [6.45, 7) is 0. The molecule has 6 nitrogen and oxygen atoms in total. The summed E-state index contributed by atoms with van der Waals surface area (Å²) in [4.78, 5) is 22.7. The highest BCUT2D eigenvalue weighted by Crippen LogP contribution is 2.24. The first-order chi connectivity index (χ1) is 9.51. The molecule has 0 unspecified atom stereocenters. The summed E-state index contributed by atoms with van der Waals surface area (Å²) in [7, 11) is 0. The summed E-state index contributed by atoms with van der Waals surface area (Å²) in [5, 5.41) is 20.7. The number of nitriles is 1. The summed E-state index contributed by atoms with van der Waals surface area (Å²) in [5.74, 6) is -1.56. The first-order valence-corrected chi connectivity index (χ1v) is 6.28. The highest BCUT2D eigenvalue weighted by Gasteiger charge is 2.34. The van der Waals surface area contributed by atoms with E-state index in [0.717, 1.165) is 0 Å². The summed E-state index contributed by atoms with van der Waals surface area (Å²) >= 11 is 5.81. The Balaban J connectivity index is 2.08. The Morgan fingerprint density at radius 3 is 2.70 bits per heavy atom. The van der Waals surface area contributed by atoms with Crippen LogP contribution in [-0.4, -0.2) is 29.2 Å². The van der Waals surface area contributed by atoms with Crippen molar-refractivity contribution in [2.45, 2.75) is 25.0 Å². The van der Waals surface area contributed by atoms with E-state index in [2.05, 4.69) is 5.32 Å². The molecule has 2 atom stereocenters. The van der Waals surface area contributed by atoms with E-state index in [1.807, 2.05) is 6.07 Å². The number of ether oxygens (including phenoxy) is 1. The normalized spacial score (nSPS) is 21.2. The molecular formula is C13H11ClN2O4. The standard InChI is InChI=1S/C13H11ClN2O4/c14-8-2-1-7(6-15)9(5-8)16-12(17)10-3-4-11(20-10)13(18)19/h1-2,5,10-11H,3-4H2,(H,16,17)(H,18,19)/t10-,11+/m0/s1. The molecular weight excluding hydrogens is 284 g/mol. The molecule has 1 aliphatic heterocycles. The molecule has 20 heavy (non-hydrogen) atoms. The lowest BCUT2D eigenvalue weighted by Crippen LogP contribution is -2.30. The van der Waals surface area contributed by atoms with Crippen molar-refractivity contribution < 1.29 is 19.4 Å². The number of hydrogen-bond donors (Lipinski definition) is 2. The van der Waals surface area contributed by atoms with Crippen LogP contribution >= 0.6 is 11.6 Å². The van der Waals surface area contributed by atoms with Crippen molar-refractivity contribution in [2.24, 2.45) is 0 Å². The molecule has 0 bridgehead atoms. The molecule has 0 radical (unpaired) electrons. The molecule has 7 heteroatoms. The van der Waals surface area contributed by atoms with Crippen LogP contribution in [0.4, 0.5) is 5.69 Å². The van der Waals surface area contributed by atoms with E-state index in [0.29, 0.717) is 11.4 Å². The average molecular weight is 295 g/mol. The topological polar surface area (TPSA) is 99.4 Å². The number of anilines is 1. The minimum Gasteiger partial charge on any atom is -0.479 e. The fourth-order valence-corrected chi connectivity index (χ4v) is 2.11. The van der Waals surface area contributed by atoms with Crippen molar-refractivity contribution in [3.05, 3.63) is 28.8 Å². The number of nitrogens with one attached hydrogen (secondary N) is 1. The molecule has 1 fully saturated rings. The maximum Gasteiger partial charge on any atom is 0.332 e. The van der Waals surface area contributed by atoms with Gasteiger partial charge >= 0.3 is 5.97 Å². The number of amides is 1. The Morgan fingerprint density at radius 1 is 1.40 bits per heavy atom. The van der Waals surface area contributed by atoms with Crippen molar-refractivity contribution in [2.75, 3.05) is 5.32 Å². The van der Waals surface area contributed by atoms with Crippen LogP contribution in [0.25, 0.3) is 0 Å². The second kappa shape index (κ2) is 5.90. The van der Waals surface area contributed by atoms with Crippen molar-refractivity contribution >= 4 is 29.2 Å². The van der Waals surface area contributed by atoms with Crippen LogP contribution in [0.15, 0.2) is 18.2 Å². The van der Waals surface area contributed by atoms with Gasteiger partial charge in [-0.05, 0) is 31.0 Å². The van der Waals surface area contributed by atoms with Crippen molar-refractivity contribution in [3.8, 4) is 6.07 Å². The molecule has 2 N–H and O–H groups in total. The van der Waals surface area contributed by atoms with E-state index in [1.54, 1.807) is 6.07 Å². The molecule has 104 valence electrons. The number of nitrogens with zero attached hydrogens (tertiary/aromatic N) is 1. The number of aliphatic carboxylic acids is 1. The van der Waals surface area contributed by atoms with Gasteiger partial charge in [0, 0.05) is 5.02 Å². The second-order valence-corrected chi connectivity index (χ2v) is 4.76. The largest absolute Gasteiger partial charge is 0.479 e. The molecule has 0 saturated carbocycles. The number of hydrogen-bond acceptors (Lipinski definition) is 4. The van der Waals surface area contributed by atoms with Gasteiger partial charge in [-0.25, -0.2) is 4.79 Å². The van der Waals surface area contributed by atoms with Gasteiger partial charge in [0.2, 0.25) is 0 Å². The summed E-state index contributed by atoms with van der Waals surface area (Å²) < 4.78 is 5.13. The van der Waals surface area contributed by atoms with Gasteiger partial charge in [-0.15, -0.1) is 0 Å². The molecule has 1 saturated heterocycles. The number of halogens is 1. The van der Waals surface area contributed by atoms with Gasteiger partial charge in [-0.3, -0.25) is 4.79 Å². The Hall–Kier alpha value is -2.10. The Bertz CT molecular complexity index is 597. The number of benzene rings is 1. The summed E-state index contributed by atoms with van der Waals surface area (Å²) in [6, 6.07) is 6.43. The van der Waals surface area contributed by atoms with E-state index >= 15 is 0 Å².